The van der Waals surface area contributed by atoms with Gasteiger partial charge in [-0.2, -0.15) is 0 Å². The van der Waals surface area contributed by atoms with Crippen LogP contribution in [0, 0.1) is 6.92 Å². The third-order valence-corrected chi connectivity index (χ3v) is 3.94. The van der Waals surface area contributed by atoms with Crippen molar-refractivity contribution in [2.24, 2.45) is 0 Å². The summed E-state index contributed by atoms with van der Waals surface area (Å²) >= 11 is 1.80. The Labute approximate surface area is 118 Å². The number of aryl methyl sites for hydroxylation is 1. The second-order valence-electron chi connectivity index (χ2n) is 4.37. The Hall–Kier alpha value is -1.55. The van der Waals surface area contributed by atoms with Crippen molar-refractivity contribution in [3.05, 3.63) is 47.9 Å². The molecule has 1 N–H and O–H groups in total. The number of hydrogen-bond donors (Lipinski definition) is 1. The Kier molecular flexibility index (Phi) is 5.21. The molecule has 2 aromatic rings. The van der Waals surface area contributed by atoms with E-state index in [2.05, 4.69) is 53.4 Å². The van der Waals surface area contributed by atoms with Gasteiger partial charge < -0.3 is 5.32 Å². The molecule has 0 fully saturated rings. The number of anilines is 1. The first-order valence-electron chi connectivity index (χ1n) is 6.53. The van der Waals surface area contributed by atoms with E-state index < -0.39 is 0 Å². The van der Waals surface area contributed by atoms with Crippen molar-refractivity contribution in [1.82, 2.24) is 9.97 Å². The van der Waals surface area contributed by atoms with E-state index >= 15 is 0 Å². The average Bonchev–Trinajstić information content (AvgIpc) is 2.45. The molecular formula is C15H19N3S. The number of thioether (sulfide) groups is 1. The van der Waals surface area contributed by atoms with E-state index in [4.69, 9.17) is 0 Å². The molecule has 0 aliphatic rings. The predicted octanol–water partition coefficient (Wildman–Crippen LogP) is 3.90. The van der Waals surface area contributed by atoms with Gasteiger partial charge >= 0.3 is 0 Å². The van der Waals surface area contributed by atoms with Gasteiger partial charge in [-0.25, -0.2) is 4.98 Å². The van der Waals surface area contributed by atoms with Crippen LogP contribution in [0.2, 0.25) is 0 Å². The van der Waals surface area contributed by atoms with Crippen LogP contribution in [0.1, 0.15) is 24.6 Å². The van der Waals surface area contributed by atoms with Crippen LogP contribution in [-0.4, -0.2) is 16.5 Å². The molecule has 100 valence electrons. The van der Waals surface area contributed by atoms with Gasteiger partial charge in [-0.1, -0.05) is 25.1 Å². The molecule has 0 radical (unpaired) electrons. The van der Waals surface area contributed by atoms with Gasteiger partial charge in [0, 0.05) is 17.2 Å². The molecule has 0 bridgehead atoms. The number of benzene rings is 1. The summed E-state index contributed by atoms with van der Waals surface area (Å²) < 4.78 is 0. The monoisotopic (exact) mass is 273 g/mol. The first-order chi connectivity index (χ1) is 9.29. The maximum Gasteiger partial charge on any atom is 0.144 e. The molecule has 1 heterocycles. The zero-order chi connectivity index (χ0) is 13.5. The van der Waals surface area contributed by atoms with Crippen LogP contribution in [0.15, 0.2) is 41.6 Å². The second-order valence-corrected chi connectivity index (χ2v) is 5.39. The molecule has 0 amide bonds. The first-order valence-corrected chi connectivity index (χ1v) is 7.51. The van der Waals surface area contributed by atoms with Crippen molar-refractivity contribution in [1.29, 1.82) is 0 Å². The summed E-state index contributed by atoms with van der Waals surface area (Å²) in [6, 6.07) is 8.41. The number of aromatic nitrogens is 2. The molecule has 0 saturated carbocycles. The van der Waals surface area contributed by atoms with E-state index in [9.17, 15) is 0 Å². The normalized spacial score (nSPS) is 10.4. The van der Waals surface area contributed by atoms with E-state index in [0.29, 0.717) is 0 Å². The highest BCUT2D eigenvalue weighted by Gasteiger charge is 2.01. The Morgan fingerprint density at radius 1 is 1.16 bits per heavy atom. The molecule has 19 heavy (non-hydrogen) atoms. The minimum atomic E-state index is 0.853. The third kappa shape index (κ3) is 4.24. The highest BCUT2D eigenvalue weighted by atomic mass is 32.2. The van der Waals surface area contributed by atoms with Gasteiger partial charge in [-0.05, 0) is 25.0 Å². The van der Waals surface area contributed by atoms with Crippen molar-refractivity contribution in [2.45, 2.75) is 30.9 Å². The fourth-order valence-electron chi connectivity index (χ4n) is 1.64. The summed E-state index contributed by atoms with van der Waals surface area (Å²) in [7, 11) is 0. The summed E-state index contributed by atoms with van der Waals surface area (Å²) in [5.74, 6) is 1.71. The zero-order valence-corrected chi connectivity index (χ0v) is 12.2. The molecule has 0 saturated heterocycles. The molecule has 0 spiro atoms. The third-order valence-electron chi connectivity index (χ3n) is 2.73. The Morgan fingerprint density at radius 2 is 2.00 bits per heavy atom. The Balaban J connectivity index is 1.91. The molecule has 1 aromatic heterocycles. The van der Waals surface area contributed by atoms with Crippen molar-refractivity contribution in [2.75, 3.05) is 11.9 Å². The maximum absolute atomic E-state index is 4.43. The molecule has 1 aromatic carbocycles. The minimum Gasteiger partial charge on any atom is -0.369 e. The zero-order valence-electron chi connectivity index (χ0n) is 11.4. The van der Waals surface area contributed by atoms with Crippen molar-refractivity contribution in [3.63, 3.8) is 0 Å². The van der Waals surface area contributed by atoms with Gasteiger partial charge in [0.05, 0.1) is 18.1 Å². The predicted molar refractivity (Wildman–Crippen MR) is 81.6 cm³/mol. The molecule has 0 aliphatic carbocycles. The SMILES string of the molecule is CCCNc1cnc(CSc2ccccc2C)cn1. The van der Waals surface area contributed by atoms with Crippen molar-refractivity contribution >= 4 is 17.6 Å². The average molecular weight is 273 g/mol. The maximum atomic E-state index is 4.43. The van der Waals surface area contributed by atoms with Gasteiger partial charge in [0.1, 0.15) is 5.82 Å². The fourth-order valence-corrected chi connectivity index (χ4v) is 2.57. The molecule has 2 rings (SSSR count). The number of hydrogen-bond acceptors (Lipinski definition) is 4. The summed E-state index contributed by atoms with van der Waals surface area (Å²) in [6.45, 7) is 5.20. The lowest BCUT2D eigenvalue weighted by molar-refractivity contribution is 0.960. The lowest BCUT2D eigenvalue weighted by Crippen LogP contribution is -2.02. The topological polar surface area (TPSA) is 37.8 Å². The molecule has 0 aliphatic heterocycles. The number of rotatable bonds is 6. The lowest BCUT2D eigenvalue weighted by atomic mass is 10.2. The summed E-state index contributed by atoms with van der Waals surface area (Å²) in [4.78, 5) is 10.1. The van der Waals surface area contributed by atoms with Crippen LogP contribution in [-0.2, 0) is 5.75 Å². The second kappa shape index (κ2) is 7.14. The number of nitrogens with one attached hydrogen (secondary N) is 1. The van der Waals surface area contributed by atoms with Crippen LogP contribution >= 0.6 is 11.8 Å². The smallest absolute Gasteiger partial charge is 0.144 e. The minimum absolute atomic E-state index is 0.853. The van der Waals surface area contributed by atoms with Crippen LogP contribution < -0.4 is 5.32 Å². The molecule has 3 nitrogen and oxygen atoms in total. The molecular weight excluding hydrogens is 254 g/mol. The first kappa shape index (κ1) is 13.9. The van der Waals surface area contributed by atoms with E-state index in [1.54, 1.807) is 11.8 Å². The van der Waals surface area contributed by atoms with E-state index in [0.717, 1.165) is 30.2 Å². The molecule has 4 heteroatoms. The molecule has 0 atom stereocenters. The largest absolute Gasteiger partial charge is 0.369 e. The van der Waals surface area contributed by atoms with Crippen molar-refractivity contribution in [3.8, 4) is 0 Å². The quantitative estimate of drug-likeness (QED) is 0.810. The van der Waals surface area contributed by atoms with E-state index in [1.165, 1.54) is 10.5 Å². The van der Waals surface area contributed by atoms with E-state index in [-0.39, 0.29) is 0 Å². The van der Waals surface area contributed by atoms with Gasteiger partial charge in [-0.15, -0.1) is 11.8 Å². The van der Waals surface area contributed by atoms with Crippen LogP contribution in [0.25, 0.3) is 0 Å². The standard InChI is InChI=1S/C15H19N3S/c1-3-8-16-15-10-17-13(9-18-15)11-19-14-7-5-4-6-12(14)2/h4-7,9-10H,3,8,11H2,1-2H3,(H,16,18). The Morgan fingerprint density at radius 3 is 2.68 bits per heavy atom. The summed E-state index contributed by atoms with van der Waals surface area (Å²) in [5.41, 5.74) is 2.32. The van der Waals surface area contributed by atoms with Crippen LogP contribution in [0.3, 0.4) is 0 Å². The van der Waals surface area contributed by atoms with Gasteiger partial charge in [-0.3, -0.25) is 4.98 Å². The lowest BCUT2D eigenvalue weighted by Gasteiger charge is -2.06. The number of nitrogens with zero attached hydrogens (tertiary/aromatic N) is 2. The van der Waals surface area contributed by atoms with Gasteiger partial charge in [0.2, 0.25) is 0 Å². The highest BCUT2D eigenvalue weighted by molar-refractivity contribution is 7.98. The highest BCUT2D eigenvalue weighted by Crippen LogP contribution is 2.24. The van der Waals surface area contributed by atoms with E-state index in [1.807, 2.05) is 12.4 Å². The summed E-state index contributed by atoms with van der Waals surface area (Å²) in [6.07, 6.45) is 4.75. The fraction of sp³-hybridized carbons (Fsp3) is 0.333. The van der Waals surface area contributed by atoms with Crippen LogP contribution in [0.4, 0.5) is 5.82 Å². The van der Waals surface area contributed by atoms with Gasteiger partial charge in [0.25, 0.3) is 0 Å². The Bertz CT molecular complexity index is 511. The molecule has 0 unspecified atom stereocenters. The van der Waals surface area contributed by atoms with Gasteiger partial charge in [0.15, 0.2) is 0 Å². The van der Waals surface area contributed by atoms with Crippen LogP contribution in [0.5, 0.6) is 0 Å². The van der Waals surface area contributed by atoms with Crippen molar-refractivity contribution < 1.29 is 0 Å². The summed E-state index contributed by atoms with van der Waals surface area (Å²) in [5, 5.41) is 3.22.